The summed E-state index contributed by atoms with van der Waals surface area (Å²) in [5.74, 6) is -4.51. The van der Waals surface area contributed by atoms with Crippen molar-refractivity contribution in [3.63, 3.8) is 0 Å². The van der Waals surface area contributed by atoms with E-state index in [4.69, 9.17) is 50.1 Å². The minimum atomic E-state index is -1.46. The summed E-state index contributed by atoms with van der Waals surface area (Å²) in [5, 5.41) is 5.87. The Hall–Kier alpha value is -2.96. The molecule has 5 atom stereocenters. The molecule has 2 heterocycles. The quantitative estimate of drug-likeness (QED) is 0.205. The van der Waals surface area contributed by atoms with Gasteiger partial charge in [-0.1, -0.05) is 6.07 Å². The Morgan fingerprint density at radius 3 is 2.09 bits per heavy atom. The zero-order valence-electron chi connectivity index (χ0n) is 25.5. The molecular weight excluding hydrogens is 687 g/mol. The van der Waals surface area contributed by atoms with Gasteiger partial charge in [0.25, 0.3) is 0 Å². The van der Waals surface area contributed by atoms with E-state index in [0.717, 1.165) is 20.8 Å². The lowest BCUT2D eigenvalue weighted by Gasteiger charge is -2.47. The van der Waals surface area contributed by atoms with Crippen molar-refractivity contribution in [3.8, 4) is 0 Å². The standard InChI is InChI=1S/C28H36BrFN2O12S/c1-14(33)37-10-20-22(41-15(2)34)23(42-16(3)35)24(43-17(4)36)25(44-20)38-11-28(12-39-27(5,6)40-13-28)32-26(45)31-21-18(29)8-7-9-19(21)30/h7-9,20,22-25H,10-13H2,1-6H3,(H2,31,32,45)/t20-,22+,23+,24-,25-/m1/s1. The molecule has 2 aliphatic heterocycles. The maximum Gasteiger partial charge on any atom is 0.303 e. The smallest absolute Gasteiger partial charge is 0.303 e. The molecule has 2 N–H and O–H groups in total. The van der Waals surface area contributed by atoms with Gasteiger partial charge < -0.3 is 48.5 Å². The van der Waals surface area contributed by atoms with Crippen LogP contribution in [0, 0.1) is 5.82 Å². The van der Waals surface area contributed by atoms with E-state index >= 15 is 0 Å². The monoisotopic (exact) mass is 722 g/mol. The second-order valence-corrected chi connectivity index (χ2v) is 12.1. The van der Waals surface area contributed by atoms with Gasteiger partial charge >= 0.3 is 23.9 Å². The molecule has 0 aliphatic carbocycles. The highest BCUT2D eigenvalue weighted by Gasteiger charge is 2.53. The van der Waals surface area contributed by atoms with Crippen LogP contribution in [0.3, 0.4) is 0 Å². The number of para-hydroxylation sites is 1. The van der Waals surface area contributed by atoms with E-state index in [2.05, 4.69) is 26.6 Å². The number of carbonyl (C=O) groups excluding carboxylic acids is 4. The molecule has 17 heteroatoms. The number of hydrogen-bond donors (Lipinski definition) is 2. The van der Waals surface area contributed by atoms with Gasteiger partial charge in [0.15, 0.2) is 35.5 Å². The molecule has 1 aromatic rings. The molecule has 0 radical (unpaired) electrons. The van der Waals surface area contributed by atoms with E-state index in [0.29, 0.717) is 4.47 Å². The molecule has 250 valence electrons. The van der Waals surface area contributed by atoms with Gasteiger partial charge in [0, 0.05) is 32.2 Å². The fourth-order valence-electron chi connectivity index (χ4n) is 4.47. The predicted molar refractivity (Wildman–Crippen MR) is 160 cm³/mol. The van der Waals surface area contributed by atoms with E-state index in [1.54, 1.807) is 19.9 Å². The van der Waals surface area contributed by atoms with Gasteiger partial charge in [0.2, 0.25) is 0 Å². The molecule has 0 aromatic heterocycles. The molecule has 1 aromatic carbocycles. The molecule has 14 nitrogen and oxygen atoms in total. The molecule has 2 aliphatic rings. The maximum atomic E-state index is 14.5. The fourth-order valence-corrected chi connectivity index (χ4v) is 5.23. The van der Waals surface area contributed by atoms with Crippen molar-refractivity contribution in [2.75, 3.05) is 31.7 Å². The van der Waals surface area contributed by atoms with Crippen LogP contribution in [-0.2, 0) is 57.1 Å². The fraction of sp³-hybridized carbons (Fsp3) is 0.607. The van der Waals surface area contributed by atoms with Crippen molar-refractivity contribution in [1.29, 1.82) is 0 Å². The lowest BCUT2D eigenvalue weighted by molar-refractivity contribution is -0.321. The number of hydrogen-bond acceptors (Lipinski definition) is 13. The van der Waals surface area contributed by atoms with E-state index in [-0.39, 0.29) is 30.6 Å². The molecule has 2 fully saturated rings. The van der Waals surface area contributed by atoms with Crippen molar-refractivity contribution in [1.82, 2.24) is 5.32 Å². The third-order valence-corrected chi connectivity index (χ3v) is 7.31. The van der Waals surface area contributed by atoms with E-state index in [1.165, 1.54) is 19.1 Å². The Morgan fingerprint density at radius 2 is 1.53 bits per heavy atom. The van der Waals surface area contributed by atoms with Crippen LogP contribution < -0.4 is 10.6 Å². The molecular formula is C28H36BrFN2O12S. The van der Waals surface area contributed by atoms with Crippen LogP contribution in [0.25, 0.3) is 0 Å². The van der Waals surface area contributed by atoms with E-state index in [1.807, 2.05) is 0 Å². The number of benzene rings is 1. The normalized spacial score (nSPS) is 25.3. The van der Waals surface area contributed by atoms with Crippen LogP contribution in [0.5, 0.6) is 0 Å². The number of esters is 4. The summed E-state index contributed by atoms with van der Waals surface area (Å²) in [4.78, 5) is 47.9. The Morgan fingerprint density at radius 1 is 0.956 bits per heavy atom. The van der Waals surface area contributed by atoms with Crippen molar-refractivity contribution in [2.24, 2.45) is 0 Å². The zero-order valence-corrected chi connectivity index (χ0v) is 27.9. The van der Waals surface area contributed by atoms with Crippen LogP contribution in [0.15, 0.2) is 22.7 Å². The van der Waals surface area contributed by atoms with Gasteiger partial charge in [0.1, 0.15) is 24.1 Å². The van der Waals surface area contributed by atoms with E-state index < -0.39 is 78.3 Å². The van der Waals surface area contributed by atoms with Crippen molar-refractivity contribution in [2.45, 2.75) is 83.6 Å². The molecule has 0 saturated carbocycles. The maximum absolute atomic E-state index is 14.5. The largest absolute Gasteiger partial charge is 0.463 e. The summed E-state index contributed by atoms with van der Waals surface area (Å²) in [5.41, 5.74) is -1.13. The predicted octanol–water partition coefficient (Wildman–Crippen LogP) is 2.50. The minimum Gasteiger partial charge on any atom is -0.463 e. The number of anilines is 1. The van der Waals surface area contributed by atoms with Crippen LogP contribution in [-0.4, -0.2) is 97.4 Å². The Bertz CT molecular complexity index is 1250. The highest BCUT2D eigenvalue weighted by molar-refractivity contribution is 9.10. The van der Waals surface area contributed by atoms with Gasteiger partial charge in [-0.2, -0.15) is 0 Å². The highest BCUT2D eigenvalue weighted by Crippen LogP contribution is 2.32. The number of rotatable bonds is 10. The lowest BCUT2D eigenvalue weighted by Crippen LogP contribution is -2.66. The highest BCUT2D eigenvalue weighted by atomic mass is 79.9. The number of nitrogens with one attached hydrogen (secondary N) is 2. The average Bonchev–Trinajstić information content (AvgIpc) is 2.92. The first-order valence-corrected chi connectivity index (χ1v) is 14.9. The second kappa shape index (κ2) is 15.6. The van der Waals surface area contributed by atoms with Gasteiger partial charge in [0.05, 0.1) is 25.5 Å². The molecule has 0 amide bonds. The molecule has 2 saturated heterocycles. The third-order valence-electron chi connectivity index (χ3n) is 6.44. The van der Waals surface area contributed by atoms with Crippen LogP contribution >= 0.6 is 28.1 Å². The summed E-state index contributed by atoms with van der Waals surface area (Å²) in [7, 11) is 0. The Kier molecular flexibility index (Phi) is 12.6. The second-order valence-electron chi connectivity index (χ2n) is 10.8. The Balaban J connectivity index is 1.92. The summed E-state index contributed by atoms with van der Waals surface area (Å²) >= 11 is 8.77. The molecule has 3 rings (SSSR count). The molecule has 0 unspecified atom stereocenters. The first kappa shape index (κ1) is 36.5. The Labute approximate surface area is 272 Å². The van der Waals surface area contributed by atoms with Crippen LogP contribution in [0.4, 0.5) is 10.1 Å². The van der Waals surface area contributed by atoms with Gasteiger partial charge in [-0.15, -0.1) is 0 Å². The molecule has 45 heavy (non-hydrogen) atoms. The van der Waals surface area contributed by atoms with Crippen molar-refractivity contribution < 1.29 is 61.5 Å². The van der Waals surface area contributed by atoms with Crippen LogP contribution in [0.2, 0.25) is 0 Å². The number of ether oxygens (including phenoxy) is 8. The molecule has 0 spiro atoms. The topological polar surface area (TPSA) is 166 Å². The lowest BCUT2D eigenvalue weighted by atomic mass is 9.97. The summed E-state index contributed by atoms with van der Waals surface area (Å²) in [6, 6.07) is 4.41. The molecule has 0 bridgehead atoms. The SMILES string of the molecule is CC(=O)OC[C@H]1O[C@@H](OCC2(NC(=S)Nc3c(F)cccc3Br)COC(C)(C)OC2)[C@H](OC(C)=O)[C@@H](OC(C)=O)[C@H]1OC(C)=O. The van der Waals surface area contributed by atoms with Gasteiger partial charge in [-0.3, -0.25) is 19.2 Å². The van der Waals surface area contributed by atoms with Crippen molar-refractivity contribution >= 4 is 62.8 Å². The summed E-state index contributed by atoms with van der Waals surface area (Å²) < 4.78 is 60.3. The van der Waals surface area contributed by atoms with Crippen molar-refractivity contribution in [3.05, 3.63) is 28.5 Å². The van der Waals surface area contributed by atoms with Gasteiger partial charge in [-0.25, -0.2) is 4.39 Å². The first-order chi connectivity index (χ1) is 21.0. The van der Waals surface area contributed by atoms with Crippen LogP contribution in [0.1, 0.15) is 41.5 Å². The minimum absolute atomic E-state index is 0.00199. The third kappa shape index (κ3) is 10.5. The first-order valence-electron chi connectivity index (χ1n) is 13.7. The summed E-state index contributed by atoms with van der Waals surface area (Å²) in [6.45, 7) is 7.19. The zero-order chi connectivity index (χ0) is 33.5. The number of thiocarbonyl (C=S) groups is 1. The number of halogens is 2. The number of carbonyl (C=O) groups is 4. The van der Waals surface area contributed by atoms with E-state index in [9.17, 15) is 23.6 Å². The van der Waals surface area contributed by atoms with Gasteiger partial charge in [-0.05, 0) is 54.1 Å². The average molecular weight is 724 g/mol. The summed E-state index contributed by atoms with van der Waals surface area (Å²) in [6.07, 6.45) is -6.87.